The number of rotatable bonds is 7. The summed E-state index contributed by atoms with van der Waals surface area (Å²) in [6.45, 7) is 4.16. The lowest BCUT2D eigenvalue weighted by Gasteiger charge is -2.11. The van der Waals surface area contributed by atoms with Crippen LogP contribution in [0.4, 0.5) is 5.69 Å². The van der Waals surface area contributed by atoms with E-state index in [4.69, 9.17) is 4.74 Å². The van der Waals surface area contributed by atoms with Gasteiger partial charge in [0.2, 0.25) is 0 Å². The number of amides is 2. The fourth-order valence-corrected chi connectivity index (χ4v) is 3.46. The summed E-state index contributed by atoms with van der Waals surface area (Å²) < 4.78 is 6.76. The van der Waals surface area contributed by atoms with Gasteiger partial charge in [0.15, 0.2) is 5.69 Å². The molecule has 0 atom stereocenters. The third-order valence-corrected chi connectivity index (χ3v) is 5.42. The van der Waals surface area contributed by atoms with Gasteiger partial charge in [0.05, 0.1) is 29.7 Å². The molecule has 4 rings (SSSR count). The molecule has 0 saturated heterocycles. The van der Waals surface area contributed by atoms with Crippen LogP contribution in [0.2, 0.25) is 0 Å². The van der Waals surface area contributed by atoms with Crippen molar-refractivity contribution in [3.63, 3.8) is 0 Å². The summed E-state index contributed by atoms with van der Waals surface area (Å²) in [7, 11) is 1.60. The molecule has 2 amide bonds. The predicted octanol–water partition coefficient (Wildman–Crippen LogP) is 4.08. The molecule has 0 bridgehead atoms. The van der Waals surface area contributed by atoms with E-state index in [1.807, 2.05) is 55.5 Å². The summed E-state index contributed by atoms with van der Waals surface area (Å²) in [4.78, 5) is 25.8. The molecule has 0 unspecified atom stereocenters. The second-order valence-corrected chi connectivity index (χ2v) is 7.80. The van der Waals surface area contributed by atoms with Crippen molar-refractivity contribution >= 4 is 17.5 Å². The summed E-state index contributed by atoms with van der Waals surface area (Å²) in [5.74, 6) is -0.0112. The Kier molecular flexibility index (Phi) is 6.68. The lowest BCUT2D eigenvalue weighted by atomic mass is 10.1. The number of nitrogens with one attached hydrogen (secondary N) is 2. The van der Waals surface area contributed by atoms with Crippen LogP contribution >= 0.6 is 0 Å². The van der Waals surface area contributed by atoms with Crippen molar-refractivity contribution in [2.75, 3.05) is 12.4 Å². The number of anilines is 1. The quantitative estimate of drug-likeness (QED) is 0.438. The van der Waals surface area contributed by atoms with E-state index >= 15 is 0 Å². The van der Waals surface area contributed by atoms with Crippen molar-refractivity contribution in [1.29, 1.82) is 0 Å². The van der Waals surface area contributed by atoms with Crippen LogP contribution in [-0.4, -0.2) is 33.9 Å². The van der Waals surface area contributed by atoms with E-state index in [0.717, 1.165) is 22.6 Å². The minimum Gasteiger partial charge on any atom is -0.497 e. The Morgan fingerprint density at radius 1 is 0.912 bits per heavy atom. The van der Waals surface area contributed by atoms with Crippen molar-refractivity contribution in [3.05, 3.63) is 101 Å². The number of methoxy groups -OCH3 is 1. The van der Waals surface area contributed by atoms with Crippen LogP contribution in [0.3, 0.4) is 0 Å². The normalized spacial score (nSPS) is 10.6. The van der Waals surface area contributed by atoms with Crippen LogP contribution in [0.25, 0.3) is 5.69 Å². The van der Waals surface area contributed by atoms with E-state index in [-0.39, 0.29) is 11.6 Å². The maximum absolute atomic E-state index is 13.0. The van der Waals surface area contributed by atoms with Crippen molar-refractivity contribution in [2.45, 2.75) is 20.4 Å². The molecule has 0 fully saturated rings. The van der Waals surface area contributed by atoms with Crippen LogP contribution in [0.1, 0.15) is 37.7 Å². The molecule has 4 aromatic rings. The third kappa shape index (κ3) is 4.96. The van der Waals surface area contributed by atoms with Crippen molar-refractivity contribution in [3.8, 4) is 11.4 Å². The maximum atomic E-state index is 13.0. The third-order valence-electron chi connectivity index (χ3n) is 5.42. The molecule has 0 saturated carbocycles. The summed E-state index contributed by atoms with van der Waals surface area (Å²) in [6.07, 6.45) is 0. The number of ether oxygens (including phenoxy) is 1. The Labute approximate surface area is 197 Å². The molecule has 8 nitrogen and oxygen atoms in total. The Hall–Kier alpha value is -4.46. The zero-order chi connectivity index (χ0) is 24.1. The first-order valence-corrected chi connectivity index (χ1v) is 10.8. The molecule has 0 aliphatic carbocycles. The first-order valence-electron chi connectivity index (χ1n) is 10.8. The molecule has 0 radical (unpaired) electrons. The SMILES string of the molecule is COc1ccc(-n2nnc(C(=O)Nc3ccccc3C(=O)NCc3ccc(C)cc3)c2C)cc1. The Balaban J connectivity index is 1.49. The van der Waals surface area contributed by atoms with Gasteiger partial charge in [0.1, 0.15) is 5.75 Å². The number of hydrogen-bond donors (Lipinski definition) is 2. The standard InChI is InChI=1S/C26H25N5O3/c1-17-8-10-19(11-9-17)16-27-25(32)22-6-4-5-7-23(22)28-26(33)24-18(2)31(30-29-24)20-12-14-21(34-3)15-13-20/h4-15H,16H2,1-3H3,(H,27,32)(H,28,33). The van der Waals surface area contributed by atoms with Crippen LogP contribution in [-0.2, 0) is 6.54 Å². The molecule has 2 N–H and O–H groups in total. The monoisotopic (exact) mass is 455 g/mol. The average Bonchev–Trinajstić information content (AvgIpc) is 3.25. The second-order valence-electron chi connectivity index (χ2n) is 7.80. The van der Waals surface area contributed by atoms with E-state index in [0.29, 0.717) is 23.5 Å². The Morgan fingerprint density at radius 2 is 1.62 bits per heavy atom. The summed E-state index contributed by atoms with van der Waals surface area (Å²) in [5, 5.41) is 13.9. The molecule has 0 aliphatic heterocycles. The highest BCUT2D eigenvalue weighted by atomic mass is 16.5. The fourth-order valence-electron chi connectivity index (χ4n) is 3.46. The number of para-hydroxylation sites is 1. The molecule has 34 heavy (non-hydrogen) atoms. The molecule has 8 heteroatoms. The van der Waals surface area contributed by atoms with Crippen LogP contribution in [0, 0.1) is 13.8 Å². The van der Waals surface area contributed by atoms with Gasteiger partial charge in [-0.3, -0.25) is 9.59 Å². The molecule has 1 heterocycles. The van der Waals surface area contributed by atoms with Crippen LogP contribution < -0.4 is 15.4 Å². The van der Waals surface area contributed by atoms with Crippen molar-refractivity contribution in [2.24, 2.45) is 0 Å². The maximum Gasteiger partial charge on any atom is 0.278 e. The molecular weight excluding hydrogens is 430 g/mol. The lowest BCUT2D eigenvalue weighted by molar-refractivity contribution is 0.0952. The first-order chi connectivity index (χ1) is 16.5. The van der Waals surface area contributed by atoms with Crippen molar-refractivity contribution < 1.29 is 14.3 Å². The predicted molar refractivity (Wildman–Crippen MR) is 129 cm³/mol. The van der Waals surface area contributed by atoms with Crippen LogP contribution in [0.5, 0.6) is 5.75 Å². The average molecular weight is 456 g/mol. The number of carbonyl (C=O) groups excluding carboxylic acids is 2. The van der Waals surface area contributed by atoms with Gasteiger partial charge < -0.3 is 15.4 Å². The minimum absolute atomic E-state index is 0.172. The van der Waals surface area contributed by atoms with E-state index in [1.165, 1.54) is 0 Å². The Bertz CT molecular complexity index is 1310. The van der Waals surface area contributed by atoms with Gasteiger partial charge >= 0.3 is 0 Å². The number of nitrogens with zero attached hydrogens (tertiary/aromatic N) is 3. The van der Waals surface area contributed by atoms with Gasteiger partial charge in [-0.15, -0.1) is 5.10 Å². The van der Waals surface area contributed by atoms with Crippen LogP contribution in [0.15, 0.2) is 72.8 Å². The highest BCUT2D eigenvalue weighted by Gasteiger charge is 2.20. The number of carbonyl (C=O) groups is 2. The Morgan fingerprint density at radius 3 is 2.32 bits per heavy atom. The van der Waals surface area contributed by atoms with Crippen molar-refractivity contribution in [1.82, 2.24) is 20.3 Å². The molecular formula is C26H25N5O3. The summed E-state index contributed by atoms with van der Waals surface area (Å²) >= 11 is 0. The fraction of sp³-hybridized carbons (Fsp3) is 0.154. The van der Waals surface area contributed by atoms with E-state index in [1.54, 1.807) is 43.0 Å². The number of benzene rings is 3. The molecule has 172 valence electrons. The van der Waals surface area contributed by atoms with Gasteiger partial charge in [0.25, 0.3) is 11.8 Å². The number of hydrogen-bond acceptors (Lipinski definition) is 5. The van der Waals surface area contributed by atoms with Gasteiger partial charge in [0, 0.05) is 6.54 Å². The number of aromatic nitrogens is 3. The number of aryl methyl sites for hydroxylation is 1. The van der Waals surface area contributed by atoms with E-state index in [9.17, 15) is 9.59 Å². The molecule has 0 spiro atoms. The highest BCUT2D eigenvalue weighted by molar-refractivity contribution is 6.08. The zero-order valence-electron chi connectivity index (χ0n) is 19.2. The second kappa shape index (κ2) is 9.99. The van der Waals surface area contributed by atoms with E-state index in [2.05, 4.69) is 20.9 Å². The van der Waals surface area contributed by atoms with Gasteiger partial charge in [-0.2, -0.15) is 0 Å². The van der Waals surface area contributed by atoms with E-state index < -0.39 is 5.91 Å². The minimum atomic E-state index is -0.448. The molecule has 3 aromatic carbocycles. The summed E-state index contributed by atoms with van der Waals surface area (Å²) in [6, 6.07) is 22.1. The first kappa shape index (κ1) is 22.7. The largest absolute Gasteiger partial charge is 0.497 e. The molecule has 1 aromatic heterocycles. The highest BCUT2D eigenvalue weighted by Crippen LogP contribution is 2.19. The lowest BCUT2D eigenvalue weighted by Crippen LogP contribution is -2.25. The summed E-state index contributed by atoms with van der Waals surface area (Å²) in [5.41, 5.74) is 4.40. The molecule has 0 aliphatic rings. The van der Waals surface area contributed by atoms with Gasteiger partial charge in [-0.25, -0.2) is 4.68 Å². The smallest absolute Gasteiger partial charge is 0.278 e. The van der Waals surface area contributed by atoms with Gasteiger partial charge in [-0.1, -0.05) is 47.2 Å². The van der Waals surface area contributed by atoms with Gasteiger partial charge in [-0.05, 0) is 55.8 Å². The topological polar surface area (TPSA) is 98.1 Å². The zero-order valence-corrected chi connectivity index (χ0v) is 19.2.